The minimum atomic E-state index is -5.07. The summed E-state index contributed by atoms with van der Waals surface area (Å²) in [6.07, 6.45) is -10.1. The van der Waals surface area contributed by atoms with Crippen LogP contribution in [0.4, 0.5) is 26.3 Å². The fourth-order valence-corrected chi connectivity index (χ4v) is 1.67. The molecule has 2 unspecified atom stereocenters. The van der Waals surface area contributed by atoms with Gasteiger partial charge in [-0.2, -0.15) is 13.2 Å². The van der Waals surface area contributed by atoms with Crippen molar-refractivity contribution in [2.75, 3.05) is 6.61 Å². The Bertz CT molecular complexity index is 446. The quantitative estimate of drug-likeness (QED) is 0.610. The van der Waals surface area contributed by atoms with Crippen LogP contribution in [0.1, 0.15) is 0 Å². The number of hydrogen-bond donors (Lipinski definition) is 0. The predicted molar refractivity (Wildman–Crippen MR) is 53.5 cm³/mol. The Kier molecular flexibility index (Phi) is 3.77. The molecule has 0 spiro atoms. The first-order valence-corrected chi connectivity index (χ1v) is 5.21. The molecular weight excluding hydrogens is 277 g/mol. The van der Waals surface area contributed by atoms with E-state index in [0.717, 1.165) is 12.1 Å². The SMILES string of the molecule is Fc1cc(F)cc(B2OCC(C(F)C(F)(F)F)O2)c1. The van der Waals surface area contributed by atoms with E-state index in [9.17, 15) is 26.3 Å². The lowest BCUT2D eigenvalue weighted by atomic mass is 9.79. The van der Waals surface area contributed by atoms with Crippen molar-refractivity contribution < 1.29 is 35.7 Å². The van der Waals surface area contributed by atoms with Crippen LogP contribution in [0.3, 0.4) is 0 Å². The lowest BCUT2D eigenvalue weighted by molar-refractivity contribution is -0.199. The first-order valence-electron chi connectivity index (χ1n) is 5.21. The third kappa shape index (κ3) is 3.21. The van der Waals surface area contributed by atoms with Crippen LogP contribution in [0.25, 0.3) is 0 Å². The Morgan fingerprint density at radius 1 is 1.16 bits per heavy atom. The van der Waals surface area contributed by atoms with Crippen molar-refractivity contribution in [3.05, 3.63) is 29.8 Å². The molecule has 19 heavy (non-hydrogen) atoms. The molecule has 1 saturated heterocycles. The van der Waals surface area contributed by atoms with E-state index >= 15 is 0 Å². The van der Waals surface area contributed by atoms with Crippen molar-refractivity contribution in [1.29, 1.82) is 0 Å². The smallest absolute Gasteiger partial charge is 0.404 e. The van der Waals surface area contributed by atoms with E-state index in [4.69, 9.17) is 9.31 Å². The minimum absolute atomic E-state index is 0.144. The highest BCUT2D eigenvalue weighted by molar-refractivity contribution is 6.61. The molecule has 9 heteroatoms. The van der Waals surface area contributed by atoms with Gasteiger partial charge in [0, 0.05) is 6.07 Å². The molecule has 1 aromatic rings. The maximum absolute atomic E-state index is 13.0. The van der Waals surface area contributed by atoms with E-state index in [1.807, 2.05) is 0 Å². The molecule has 2 nitrogen and oxygen atoms in total. The molecule has 104 valence electrons. The van der Waals surface area contributed by atoms with Gasteiger partial charge in [-0.15, -0.1) is 0 Å². The van der Waals surface area contributed by atoms with Crippen molar-refractivity contribution >= 4 is 12.6 Å². The molecule has 0 N–H and O–H groups in total. The maximum Gasteiger partial charge on any atom is 0.494 e. The maximum atomic E-state index is 13.0. The lowest BCUT2D eigenvalue weighted by Crippen LogP contribution is -2.40. The van der Waals surface area contributed by atoms with Gasteiger partial charge in [-0.25, -0.2) is 13.2 Å². The molecule has 0 aliphatic carbocycles. The minimum Gasteiger partial charge on any atom is -0.404 e. The van der Waals surface area contributed by atoms with Gasteiger partial charge in [0.05, 0.1) is 6.61 Å². The number of alkyl halides is 4. The second-order valence-corrected chi connectivity index (χ2v) is 3.99. The van der Waals surface area contributed by atoms with E-state index in [1.54, 1.807) is 0 Å². The highest BCUT2D eigenvalue weighted by Gasteiger charge is 2.50. The third-order valence-electron chi connectivity index (χ3n) is 2.51. The average Bonchev–Trinajstić information content (AvgIpc) is 2.74. The van der Waals surface area contributed by atoms with Gasteiger partial charge in [0.15, 0.2) is 0 Å². The topological polar surface area (TPSA) is 18.5 Å². The van der Waals surface area contributed by atoms with E-state index in [0.29, 0.717) is 6.07 Å². The summed E-state index contributed by atoms with van der Waals surface area (Å²) < 4.78 is 84.7. The van der Waals surface area contributed by atoms with Crippen LogP contribution in [0.15, 0.2) is 18.2 Å². The van der Waals surface area contributed by atoms with Crippen molar-refractivity contribution in [3.8, 4) is 0 Å². The molecule has 1 heterocycles. The van der Waals surface area contributed by atoms with Gasteiger partial charge < -0.3 is 9.31 Å². The van der Waals surface area contributed by atoms with Gasteiger partial charge in [-0.05, 0) is 17.6 Å². The summed E-state index contributed by atoms with van der Waals surface area (Å²) in [5.41, 5.74) is -0.144. The van der Waals surface area contributed by atoms with E-state index in [1.165, 1.54) is 0 Å². The second-order valence-electron chi connectivity index (χ2n) is 3.99. The standard InChI is InChI=1S/C10H7BF6O2/c12-6-1-5(2-7(13)3-6)11-18-4-8(19-11)9(14)10(15,16)17/h1-3,8-9H,4H2. The van der Waals surface area contributed by atoms with E-state index in [-0.39, 0.29) is 5.46 Å². The van der Waals surface area contributed by atoms with Gasteiger partial charge in [0.25, 0.3) is 0 Å². The Hall–Kier alpha value is -1.22. The summed E-state index contributed by atoms with van der Waals surface area (Å²) in [7, 11) is -1.42. The summed E-state index contributed by atoms with van der Waals surface area (Å²) in [4.78, 5) is 0. The molecule has 1 aromatic carbocycles. The Balaban J connectivity index is 2.10. The fourth-order valence-electron chi connectivity index (χ4n) is 1.67. The number of hydrogen-bond acceptors (Lipinski definition) is 2. The summed E-state index contributed by atoms with van der Waals surface area (Å²) in [5, 5.41) is 0. The van der Waals surface area contributed by atoms with Crippen LogP contribution in [0, 0.1) is 11.6 Å². The molecule has 2 rings (SSSR count). The van der Waals surface area contributed by atoms with Crippen molar-refractivity contribution in [3.63, 3.8) is 0 Å². The van der Waals surface area contributed by atoms with Crippen molar-refractivity contribution in [2.45, 2.75) is 18.5 Å². The Labute approximate surface area is 104 Å². The van der Waals surface area contributed by atoms with Gasteiger partial charge in [-0.3, -0.25) is 0 Å². The van der Waals surface area contributed by atoms with Crippen LogP contribution in [-0.2, 0) is 9.31 Å². The monoisotopic (exact) mass is 284 g/mol. The van der Waals surface area contributed by atoms with Gasteiger partial charge in [0.2, 0.25) is 6.17 Å². The van der Waals surface area contributed by atoms with Crippen LogP contribution >= 0.6 is 0 Å². The third-order valence-corrected chi connectivity index (χ3v) is 2.51. The van der Waals surface area contributed by atoms with Gasteiger partial charge in [-0.1, -0.05) is 0 Å². The van der Waals surface area contributed by atoms with Crippen LogP contribution in [-0.4, -0.2) is 32.2 Å². The molecule has 2 atom stereocenters. The van der Waals surface area contributed by atoms with Crippen molar-refractivity contribution in [1.82, 2.24) is 0 Å². The summed E-state index contributed by atoms with van der Waals surface area (Å²) in [5.74, 6) is -1.86. The summed E-state index contributed by atoms with van der Waals surface area (Å²) in [6.45, 7) is -0.649. The molecule has 1 fully saturated rings. The zero-order valence-corrected chi connectivity index (χ0v) is 9.26. The van der Waals surface area contributed by atoms with Gasteiger partial charge >= 0.3 is 13.3 Å². The number of rotatable bonds is 2. The van der Waals surface area contributed by atoms with Gasteiger partial charge in [0.1, 0.15) is 17.7 Å². The average molecular weight is 284 g/mol. The van der Waals surface area contributed by atoms with E-state index < -0.39 is 43.8 Å². The summed E-state index contributed by atoms with van der Waals surface area (Å²) >= 11 is 0. The summed E-state index contributed by atoms with van der Waals surface area (Å²) in [6, 6.07) is 2.28. The predicted octanol–water partition coefficient (Wildman–Crippen LogP) is 1.98. The number of benzene rings is 1. The van der Waals surface area contributed by atoms with Crippen LogP contribution in [0.2, 0.25) is 0 Å². The Morgan fingerprint density at radius 3 is 2.26 bits per heavy atom. The molecule has 0 bridgehead atoms. The molecule has 0 amide bonds. The Morgan fingerprint density at radius 2 is 1.74 bits per heavy atom. The molecule has 1 aliphatic rings. The first-order chi connectivity index (χ1) is 8.77. The first kappa shape index (κ1) is 14.2. The molecule has 0 radical (unpaired) electrons. The number of halogens is 6. The van der Waals surface area contributed by atoms with E-state index in [2.05, 4.69) is 0 Å². The largest absolute Gasteiger partial charge is 0.494 e. The second kappa shape index (κ2) is 5.05. The van der Waals surface area contributed by atoms with Crippen LogP contribution in [0.5, 0.6) is 0 Å². The lowest BCUT2D eigenvalue weighted by Gasteiger charge is -2.17. The zero-order valence-electron chi connectivity index (χ0n) is 9.26. The highest BCUT2D eigenvalue weighted by Crippen LogP contribution is 2.29. The molecule has 1 aliphatic heterocycles. The fraction of sp³-hybridized carbons (Fsp3) is 0.400. The highest BCUT2D eigenvalue weighted by atomic mass is 19.4. The normalized spacial score (nSPS) is 21.8. The van der Waals surface area contributed by atoms with Crippen molar-refractivity contribution in [2.24, 2.45) is 0 Å². The molecule has 0 saturated carbocycles. The molecular formula is C10H7BF6O2. The molecule has 0 aromatic heterocycles. The van der Waals surface area contributed by atoms with Crippen LogP contribution < -0.4 is 5.46 Å². The zero-order chi connectivity index (χ0) is 14.2.